The molecule has 0 aliphatic carbocycles. The van der Waals surface area contributed by atoms with Crippen molar-refractivity contribution in [3.63, 3.8) is 0 Å². The van der Waals surface area contributed by atoms with Gasteiger partial charge in [0.1, 0.15) is 0 Å². The van der Waals surface area contributed by atoms with Crippen LogP contribution in [-0.2, 0) is 4.74 Å². The molecule has 4 heteroatoms. The number of hydrogen-bond acceptors (Lipinski definition) is 3. The summed E-state index contributed by atoms with van der Waals surface area (Å²) in [6, 6.07) is 0. The first-order valence-corrected chi connectivity index (χ1v) is 2.06. The molecule has 0 amide bonds. The lowest BCUT2D eigenvalue weighted by Gasteiger charge is -2.02. The summed E-state index contributed by atoms with van der Waals surface area (Å²) >= 11 is 0. The highest BCUT2D eigenvalue weighted by Gasteiger charge is 1.79. The number of hydrogen-bond donors (Lipinski definition) is 0. The first kappa shape index (κ1) is 6.76. The van der Waals surface area contributed by atoms with Crippen molar-refractivity contribution in [3.8, 4) is 0 Å². The number of ether oxygens (including phenoxy) is 1. The van der Waals surface area contributed by atoms with Crippen molar-refractivity contribution in [1.29, 1.82) is 0 Å². The van der Waals surface area contributed by atoms with E-state index in [-0.39, 0.29) is 6.61 Å². The normalized spacial score (nSPS) is 6.62. The van der Waals surface area contributed by atoms with Gasteiger partial charge in [-0.25, -0.2) is 0 Å². The Morgan fingerprint density at radius 1 is 2.00 bits per heavy atom. The summed E-state index contributed by atoms with van der Waals surface area (Å²) in [5.41, 5.74) is 0. The smallest absolute Gasteiger partial charge is 0.409 e. The van der Waals surface area contributed by atoms with Crippen molar-refractivity contribution in [2.75, 3.05) is 6.61 Å². The summed E-state index contributed by atoms with van der Waals surface area (Å²) in [6.07, 6.45) is 0. The van der Waals surface area contributed by atoms with E-state index in [4.69, 9.17) is 0 Å². The maximum absolute atomic E-state index is 10.0. The fraction of sp³-hybridized carbons (Fsp3) is 0.500. The van der Waals surface area contributed by atoms with Crippen LogP contribution in [0.5, 0.6) is 0 Å². The summed E-state index contributed by atoms with van der Waals surface area (Å²) in [5, 5.41) is 10.0. The molecule has 0 saturated carbocycles. The molecule has 0 aromatic rings. The largest absolute Gasteiger partial charge is 0.603 e. The summed E-state index contributed by atoms with van der Waals surface area (Å²) in [4.78, 5) is 11.3. The van der Waals surface area contributed by atoms with Gasteiger partial charge < -0.3 is 9.84 Å². The summed E-state index contributed by atoms with van der Waals surface area (Å²) < 4.78 is 4.24. The van der Waals surface area contributed by atoms with Gasteiger partial charge in [-0.15, -0.1) is 0 Å². The number of rotatable bonds is 2. The van der Waals surface area contributed by atoms with Crippen LogP contribution in [0.4, 0.5) is 0 Å². The zero-order valence-corrected chi connectivity index (χ0v) is 4.38. The van der Waals surface area contributed by atoms with E-state index in [1.54, 1.807) is 12.8 Å². The van der Waals surface area contributed by atoms with E-state index in [1.807, 2.05) is 0 Å². The molecule has 0 fully saturated rings. The highest BCUT2D eigenvalue weighted by atomic mass is 16.6. The van der Waals surface area contributed by atoms with E-state index < -0.39 is 5.95 Å². The van der Waals surface area contributed by atoms with Crippen LogP contribution in [0.1, 0.15) is 6.92 Å². The van der Waals surface area contributed by atoms with E-state index in [1.165, 1.54) is 0 Å². The molecule has 0 spiro atoms. The third-order valence-corrected chi connectivity index (χ3v) is 0.412. The molecule has 0 saturated heterocycles. The zero-order chi connectivity index (χ0) is 6.41. The van der Waals surface area contributed by atoms with Crippen molar-refractivity contribution in [3.05, 3.63) is 10.9 Å². The highest BCUT2D eigenvalue weighted by molar-refractivity contribution is 5.49. The van der Waals surface area contributed by atoms with E-state index in [0.29, 0.717) is 0 Å². The molecule has 44 valence electrons. The minimum atomic E-state index is -0.817. The first-order valence-electron chi connectivity index (χ1n) is 2.06. The van der Waals surface area contributed by atoms with Crippen LogP contribution in [0.2, 0.25) is 0 Å². The third kappa shape index (κ3) is 2.97. The Labute approximate surface area is 46.1 Å². The van der Waals surface area contributed by atoms with E-state index >= 15 is 0 Å². The predicted octanol–water partition coefficient (Wildman–Crippen LogP) is -1.27. The van der Waals surface area contributed by atoms with E-state index in [0.717, 1.165) is 0 Å². The molecule has 0 aromatic heterocycles. The van der Waals surface area contributed by atoms with Crippen LogP contribution >= 0.6 is 0 Å². The Morgan fingerprint density at radius 2 is 2.62 bits per heavy atom. The lowest BCUT2D eigenvalue weighted by atomic mass is 10.8. The molecule has 0 radical (unpaired) electrons. The zero-order valence-electron chi connectivity index (χ0n) is 4.38. The van der Waals surface area contributed by atoms with Crippen LogP contribution in [0.25, 0.3) is 0 Å². The maximum atomic E-state index is 10.0. The predicted molar refractivity (Wildman–Crippen MR) is 25.6 cm³/mol. The average molecular weight is 115 g/mol. The Hall–Kier alpha value is -1.24. The molecule has 0 rings (SSSR count). The minimum absolute atomic E-state index is 0.237. The van der Waals surface area contributed by atoms with Crippen LogP contribution < -0.4 is 9.96 Å². The van der Waals surface area contributed by atoms with E-state index in [2.05, 4.69) is 9.59 Å². The van der Waals surface area contributed by atoms with Gasteiger partial charge in [0.25, 0.3) is 4.85 Å². The Balaban J connectivity index is 3.81. The maximum Gasteiger partial charge on any atom is 0.409 e. The molecular weight excluding hydrogens is 110 g/mol. The van der Waals surface area contributed by atoms with Gasteiger partial charge in [-0.2, -0.15) is 0 Å². The molecule has 0 bridgehead atoms. The molecule has 0 aliphatic rings. The van der Waals surface area contributed by atoms with Crippen LogP contribution in [0, 0.1) is 4.91 Å². The lowest BCUT2D eigenvalue weighted by Crippen LogP contribution is -2.08. The molecule has 0 unspecified atom stereocenters. The molecule has 4 nitrogen and oxygen atoms in total. The van der Waals surface area contributed by atoms with Gasteiger partial charge in [0.2, 0.25) is 0 Å². The van der Waals surface area contributed by atoms with Crippen molar-refractivity contribution in [2.45, 2.75) is 6.92 Å². The summed E-state index contributed by atoms with van der Waals surface area (Å²) in [5.74, 6) is 0.738. The monoisotopic (exact) mass is 115 g/mol. The standard InChI is InChI=1S/C4H5NO3/c1-2-8-4(6)3-5-7/h2H2,1H3. The SMILES string of the molecule is CCOC([O-])=C=[N+]=O. The Bertz CT molecular complexity index is 141. The van der Waals surface area contributed by atoms with Crippen LogP contribution in [0.15, 0.2) is 5.95 Å². The fourth-order valence-corrected chi connectivity index (χ4v) is 0.201. The second-order valence-electron chi connectivity index (χ2n) is 0.924. The van der Waals surface area contributed by atoms with Gasteiger partial charge in [-0.3, -0.25) is 0 Å². The molecule has 0 atom stereocenters. The van der Waals surface area contributed by atoms with Gasteiger partial charge in [0.15, 0.2) is 10.9 Å². The molecule has 0 aromatic carbocycles. The molecular formula is C4H5NO3. The quantitative estimate of drug-likeness (QED) is 0.256. The molecule has 0 aliphatic heterocycles. The van der Waals surface area contributed by atoms with Crippen molar-refractivity contribution >= 4 is 5.87 Å². The average Bonchev–Trinajstić information content (AvgIpc) is 1.68. The van der Waals surface area contributed by atoms with Crippen molar-refractivity contribution in [2.24, 2.45) is 0 Å². The molecule has 0 heterocycles. The van der Waals surface area contributed by atoms with Gasteiger partial charge in [-0.05, 0) is 6.61 Å². The van der Waals surface area contributed by atoms with Gasteiger partial charge in [0.05, 0.1) is 0 Å². The molecule has 8 heavy (non-hydrogen) atoms. The van der Waals surface area contributed by atoms with Gasteiger partial charge >= 0.3 is 5.87 Å². The third-order valence-electron chi connectivity index (χ3n) is 0.412. The summed E-state index contributed by atoms with van der Waals surface area (Å²) in [7, 11) is 0. The number of nitroso groups, excluding NO2 is 1. The van der Waals surface area contributed by atoms with Gasteiger partial charge in [0, 0.05) is 0 Å². The first-order chi connectivity index (χ1) is 3.81. The van der Waals surface area contributed by atoms with E-state index in [9.17, 15) is 10.0 Å². The van der Waals surface area contributed by atoms with Gasteiger partial charge in [-0.1, -0.05) is 6.92 Å². The fourth-order valence-electron chi connectivity index (χ4n) is 0.201. The Morgan fingerprint density at radius 3 is 3.00 bits per heavy atom. The second kappa shape index (κ2) is 3.93. The van der Waals surface area contributed by atoms with Crippen molar-refractivity contribution < 1.29 is 9.84 Å². The summed E-state index contributed by atoms with van der Waals surface area (Å²) in [6.45, 7) is 1.87. The lowest BCUT2D eigenvalue weighted by molar-refractivity contribution is -0.352. The second-order valence-corrected chi connectivity index (χ2v) is 0.924. The Kier molecular flexibility index (Phi) is 3.32. The number of nitrogens with zero attached hydrogens (tertiary/aromatic N) is 1. The molecule has 0 N–H and O–H groups in total. The minimum Gasteiger partial charge on any atom is -0.603 e. The highest BCUT2D eigenvalue weighted by Crippen LogP contribution is 1.74. The van der Waals surface area contributed by atoms with Crippen LogP contribution in [-0.4, -0.2) is 12.5 Å². The van der Waals surface area contributed by atoms with Crippen molar-refractivity contribution in [1.82, 2.24) is 4.85 Å². The van der Waals surface area contributed by atoms with Crippen LogP contribution in [0.3, 0.4) is 0 Å². The topological polar surface area (TPSA) is 63.5 Å².